The minimum atomic E-state index is -0.0416. The van der Waals surface area contributed by atoms with Gasteiger partial charge in [-0.05, 0) is 19.1 Å². The molecule has 0 N–H and O–H groups in total. The van der Waals surface area contributed by atoms with Gasteiger partial charge in [-0.2, -0.15) is 0 Å². The van der Waals surface area contributed by atoms with Gasteiger partial charge >= 0.3 is 0 Å². The molecule has 0 amide bonds. The van der Waals surface area contributed by atoms with Crippen LogP contribution in [0.4, 0.5) is 0 Å². The Hall–Kier alpha value is -2.16. The average molecular weight is 227 g/mol. The second kappa shape index (κ2) is 4.78. The molecule has 3 heteroatoms. The van der Waals surface area contributed by atoms with E-state index in [2.05, 4.69) is 4.98 Å². The molecule has 1 aromatic heterocycles. The molecule has 0 spiro atoms. The molecule has 0 unspecified atom stereocenters. The maximum absolute atomic E-state index is 12.2. The summed E-state index contributed by atoms with van der Waals surface area (Å²) < 4.78 is 5.05. The van der Waals surface area contributed by atoms with E-state index < -0.39 is 0 Å². The Morgan fingerprint density at radius 1 is 1.18 bits per heavy atom. The number of ketones is 1. The SMILES string of the molecule is COc1cncc(C(=O)c2cccc(C)c2)c1. The lowest BCUT2D eigenvalue weighted by Gasteiger charge is -2.04. The summed E-state index contributed by atoms with van der Waals surface area (Å²) in [5.41, 5.74) is 2.27. The third-order valence-electron chi connectivity index (χ3n) is 2.49. The first-order chi connectivity index (χ1) is 8.20. The van der Waals surface area contributed by atoms with E-state index in [1.165, 1.54) is 0 Å². The second-order valence-corrected chi connectivity index (χ2v) is 3.81. The Morgan fingerprint density at radius 3 is 2.71 bits per heavy atom. The fourth-order valence-corrected chi connectivity index (χ4v) is 1.61. The van der Waals surface area contributed by atoms with Crippen molar-refractivity contribution in [1.29, 1.82) is 0 Å². The van der Waals surface area contributed by atoms with E-state index in [4.69, 9.17) is 4.74 Å². The number of methoxy groups -OCH3 is 1. The van der Waals surface area contributed by atoms with Gasteiger partial charge in [0.25, 0.3) is 0 Å². The molecule has 1 heterocycles. The zero-order chi connectivity index (χ0) is 12.3. The minimum Gasteiger partial charge on any atom is -0.495 e. The lowest BCUT2D eigenvalue weighted by molar-refractivity contribution is 0.103. The molecule has 17 heavy (non-hydrogen) atoms. The first-order valence-electron chi connectivity index (χ1n) is 5.31. The molecule has 0 aliphatic carbocycles. The lowest BCUT2D eigenvalue weighted by Crippen LogP contribution is -2.02. The lowest BCUT2D eigenvalue weighted by atomic mass is 10.0. The summed E-state index contributed by atoms with van der Waals surface area (Å²) in [7, 11) is 1.55. The third kappa shape index (κ3) is 2.50. The molecule has 86 valence electrons. The highest BCUT2D eigenvalue weighted by atomic mass is 16.5. The molecule has 2 aromatic rings. The van der Waals surface area contributed by atoms with Crippen molar-refractivity contribution in [2.75, 3.05) is 7.11 Å². The van der Waals surface area contributed by atoms with Gasteiger partial charge in [0, 0.05) is 17.3 Å². The van der Waals surface area contributed by atoms with Gasteiger partial charge in [0.1, 0.15) is 5.75 Å². The summed E-state index contributed by atoms with van der Waals surface area (Å²) in [4.78, 5) is 16.1. The van der Waals surface area contributed by atoms with Crippen molar-refractivity contribution in [3.05, 3.63) is 59.4 Å². The summed E-state index contributed by atoms with van der Waals surface area (Å²) in [5, 5.41) is 0. The van der Waals surface area contributed by atoms with Gasteiger partial charge in [0.2, 0.25) is 0 Å². The molecule has 0 atom stereocenters. The van der Waals surface area contributed by atoms with E-state index in [-0.39, 0.29) is 5.78 Å². The number of hydrogen-bond acceptors (Lipinski definition) is 3. The monoisotopic (exact) mass is 227 g/mol. The van der Waals surface area contributed by atoms with Crippen LogP contribution in [-0.2, 0) is 0 Å². The molecule has 0 saturated carbocycles. The quantitative estimate of drug-likeness (QED) is 0.757. The highest BCUT2D eigenvalue weighted by Crippen LogP contribution is 2.15. The summed E-state index contributed by atoms with van der Waals surface area (Å²) >= 11 is 0. The van der Waals surface area contributed by atoms with Crippen LogP contribution in [0.5, 0.6) is 5.75 Å². The number of pyridine rings is 1. The van der Waals surface area contributed by atoms with Gasteiger partial charge in [0.05, 0.1) is 13.3 Å². The number of aryl methyl sites for hydroxylation is 1. The van der Waals surface area contributed by atoms with E-state index in [9.17, 15) is 4.79 Å². The van der Waals surface area contributed by atoms with Crippen LogP contribution in [0.1, 0.15) is 21.5 Å². The van der Waals surface area contributed by atoms with Crippen molar-refractivity contribution < 1.29 is 9.53 Å². The van der Waals surface area contributed by atoms with Gasteiger partial charge in [0.15, 0.2) is 5.78 Å². The average Bonchev–Trinajstić information content (AvgIpc) is 2.38. The number of carbonyl (C=O) groups is 1. The Labute approximate surface area is 100 Å². The molecule has 2 rings (SSSR count). The zero-order valence-electron chi connectivity index (χ0n) is 9.81. The van der Waals surface area contributed by atoms with E-state index in [0.717, 1.165) is 5.56 Å². The molecule has 1 aromatic carbocycles. The minimum absolute atomic E-state index is 0.0416. The molecule has 3 nitrogen and oxygen atoms in total. The third-order valence-corrected chi connectivity index (χ3v) is 2.49. The van der Waals surface area contributed by atoms with Crippen molar-refractivity contribution in [3.63, 3.8) is 0 Å². The second-order valence-electron chi connectivity index (χ2n) is 3.81. The van der Waals surface area contributed by atoms with Gasteiger partial charge in [-0.15, -0.1) is 0 Å². The fraction of sp³-hybridized carbons (Fsp3) is 0.143. The predicted octanol–water partition coefficient (Wildman–Crippen LogP) is 2.63. The van der Waals surface area contributed by atoms with Crippen LogP contribution in [0.25, 0.3) is 0 Å². The van der Waals surface area contributed by atoms with Crippen LogP contribution in [0.15, 0.2) is 42.7 Å². The Morgan fingerprint density at radius 2 is 2.00 bits per heavy atom. The number of ether oxygens (including phenoxy) is 1. The Kier molecular flexibility index (Phi) is 3.19. The largest absolute Gasteiger partial charge is 0.495 e. The van der Waals surface area contributed by atoms with Crippen molar-refractivity contribution in [2.45, 2.75) is 6.92 Å². The molecule has 0 bridgehead atoms. The topological polar surface area (TPSA) is 39.2 Å². The van der Waals surface area contributed by atoms with E-state index in [1.807, 2.05) is 25.1 Å². The summed E-state index contributed by atoms with van der Waals surface area (Å²) in [6, 6.07) is 9.19. The molecule has 0 aliphatic heterocycles. The number of rotatable bonds is 3. The van der Waals surface area contributed by atoms with Crippen LogP contribution in [0.2, 0.25) is 0 Å². The highest BCUT2D eigenvalue weighted by molar-refractivity contribution is 6.09. The standard InChI is InChI=1S/C14H13NO2/c1-10-4-3-5-11(6-10)14(16)12-7-13(17-2)9-15-8-12/h3-9H,1-2H3. The maximum atomic E-state index is 12.2. The highest BCUT2D eigenvalue weighted by Gasteiger charge is 2.10. The number of aromatic nitrogens is 1. The van der Waals surface area contributed by atoms with Crippen LogP contribution in [0, 0.1) is 6.92 Å². The first-order valence-corrected chi connectivity index (χ1v) is 5.31. The van der Waals surface area contributed by atoms with E-state index >= 15 is 0 Å². The van der Waals surface area contributed by atoms with Gasteiger partial charge < -0.3 is 4.74 Å². The summed E-state index contributed by atoms with van der Waals surface area (Å²) in [5.74, 6) is 0.545. The Balaban J connectivity index is 2.36. The van der Waals surface area contributed by atoms with E-state index in [1.54, 1.807) is 31.6 Å². The van der Waals surface area contributed by atoms with Crippen molar-refractivity contribution >= 4 is 5.78 Å². The Bertz CT molecular complexity index is 549. The van der Waals surface area contributed by atoms with Crippen LogP contribution in [-0.4, -0.2) is 17.9 Å². The summed E-state index contributed by atoms with van der Waals surface area (Å²) in [6.07, 6.45) is 3.13. The molecular weight excluding hydrogens is 214 g/mol. The van der Waals surface area contributed by atoms with Crippen molar-refractivity contribution in [3.8, 4) is 5.75 Å². The molecule has 0 radical (unpaired) electrons. The number of nitrogens with zero attached hydrogens (tertiary/aromatic N) is 1. The van der Waals surface area contributed by atoms with Gasteiger partial charge in [-0.1, -0.05) is 23.8 Å². The van der Waals surface area contributed by atoms with Crippen LogP contribution < -0.4 is 4.74 Å². The number of benzene rings is 1. The molecule has 0 fully saturated rings. The summed E-state index contributed by atoms with van der Waals surface area (Å²) in [6.45, 7) is 1.96. The smallest absolute Gasteiger partial charge is 0.194 e. The first kappa shape index (κ1) is 11.3. The fourth-order valence-electron chi connectivity index (χ4n) is 1.61. The number of hydrogen-bond donors (Lipinski definition) is 0. The normalized spacial score (nSPS) is 10.0. The van der Waals surface area contributed by atoms with Gasteiger partial charge in [-0.3, -0.25) is 9.78 Å². The van der Waals surface area contributed by atoms with Crippen LogP contribution >= 0.6 is 0 Å². The maximum Gasteiger partial charge on any atom is 0.194 e. The molecule has 0 saturated heterocycles. The van der Waals surface area contributed by atoms with Crippen LogP contribution in [0.3, 0.4) is 0 Å². The zero-order valence-corrected chi connectivity index (χ0v) is 9.81. The van der Waals surface area contributed by atoms with Gasteiger partial charge in [-0.25, -0.2) is 0 Å². The van der Waals surface area contributed by atoms with Crippen molar-refractivity contribution in [2.24, 2.45) is 0 Å². The number of carbonyl (C=O) groups excluding carboxylic acids is 1. The molecule has 0 aliphatic rings. The predicted molar refractivity (Wildman–Crippen MR) is 65.4 cm³/mol. The molecular formula is C14H13NO2. The van der Waals surface area contributed by atoms with Crippen molar-refractivity contribution in [1.82, 2.24) is 4.98 Å². The van der Waals surface area contributed by atoms with E-state index in [0.29, 0.717) is 16.9 Å².